The zero-order valence-electron chi connectivity index (χ0n) is 8.99. The first-order chi connectivity index (χ1) is 8.11. The predicted octanol–water partition coefficient (Wildman–Crippen LogP) is 1.96. The van der Waals surface area contributed by atoms with Crippen molar-refractivity contribution in [3.63, 3.8) is 0 Å². The van der Waals surface area contributed by atoms with E-state index >= 15 is 0 Å². The first-order valence-corrected chi connectivity index (χ1v) is 4.83. The number of aryl methyl sites for hydroxylation is 1. The standard InChI is InChI=1S/C11H8N4O2/c1-8-4-5-14(13-8)11-3-2-10(15(16)17)6-9(11)7-12/h2-6H,1H3. The first-order valence-electron chi connectivity index (χ1n) is 4.83. The molecule has 0 atom stereocenters. The SMILES string of the molecule is Cc1ccn(-c2ccc([N+](=O)[O-])cc2C#N)n1. The Labute approximate surface area is 96.9 Å². The fourth-order valence-electron chi connectivity index (χ4n) is 1.48. The van der Waals surface area contributed by atoms with Crippen LogP contribution in [0.1, 0.15) is 11.3 Å². The molecule has 0 N–H and O–H groups in total. The molecule has 0 fully saturated rings. The summed E-state index contributed by atoms with van der Waals surface area (Å²) in [6, 6.07) is 7.84. The molecular weight excluding hydrogens is 220 g/mol. The molecule has 2 aromatic rings. The number of hydrogen-bond donors (Lipinski definition) is 0. The van der Waals surface area contributed by atoms with Crippen LogP contribution in [0.2, 0.25) is 0 Å². The van der Waals surface area contributed by atoms with Crippen LogP contribution in [0.15, 0.2) is 30.5 Å². The lowest BCUT2D eigenvalue weighted by Crippen LogP contribution is -1.99. The van der Waals surface area contributed by atoms with E-state index in [1.54, 1.807) is 12.3 Å². The Morgan fingerprint density at radius 1 is 1.47 bits per heavy atom. The number of hydrogen-bond acceptors (Lipinski definition) is 4. The van der Waals surface area contributed by atoms with E-state index in [1.165, 1.54) is 22.9 Å². The first kappa shape index (κ1) is 10.8. The van der Waals surface area contributed by atoms with E-state index in [9.17, 15) is 10.1 Å². The summed E-state index contributed by atoms with van der Waals surface area (Å²) in [6.45, 7) is 1.83. The van der Waals surface area contributed by atoms with Crippen LogP contribution in [0.4, 0.5) is 5.69 Å². The summed E-state index contributed by atoms with van der Waals surface area (Å²) in [5.74, 6) is 0. The van der Waals surface area contributed by atoms with Crippen molar-refractivity contribution >= 4 is 5.69 Å². The third-order valence-electron chi connectivity index (χ3n) is 2.28. The molecule has 0 saturated carbocycles. The number of aromatic nitrogens is 2. The molecule has 0 aliphatic carbocycles. The van der Waals surface area contributed by atoms with Crippen LogP contribution in [0.3, 0.4) is 0 Å². The molecule has 0 amide bonds. The van der Waals surface area contributed by atoms with Crippen LogP contribution in [-0.2, 0) is 0 Å². The predicted molar refractivity (Wildman–Crippen MR) is 59.7 cm³/mol. The van der Waals surface area contributed by atoms with Gasteiger partial charge in [-0.2, -0.15) is 10.4 Å². The number of rotatable bonds is 2. The maximum Gasteiger partial charge on any atom is 0.270 e. The van der Waals surface area contributed by atoms with Crippen molar-refractivity contribution in [2.45, 2.75) is 6.92 Å². The monoisotopic (exact) mass is 228 g/mol. The third-order valence-corrected chi connectivity index (χ3v) is 2.28. The maximum atomic E-state index is 10.6. The Bertz CT molecular complexity index is 625. The van der Waals surface area contributed by atoms with Crippen molar-refractivity contribution in [1.82, 2.24) is 9.78 Å². The topological polar surface area (TPSA) is 84.7 Å². The van der Waals surface area contributed by atoms with E-state index in [-0.39, 0.29) is 11.3 Å². The second kappa shape index (κ2) is 4.06. The van der Waals surface area contributed by atoms with Crippen LogP contribution < -0.4 is 0 Å². The van der Waals surface area contributed by atoms with Gasteiger partial charge in [0, 0.05) is 18.3 Å². The smallest absolute Gasteiger partial charge is 0.258 e. The number of nitrogens with zero attached hydrogens (tertiary/aromatic N) is 4. The third kappa shape index (κ3) is 1.99. The van der Waals surface area contributed by atoms with Crippen molar-refractivity contribution in [1.29, 1.82) is 5.26 Å². The van der Waals surface area contributed by atoms with Crippen LogP contribution in [0.5, 0.6) is 0 Å². The van der Waals surface area contributed by atoms with Gasteiger partial charge in [0.05, 0.1) is 21.9 Å². The van der Waals surface area contributed by atoms with E-state index in [4.69, 9.17) is 5.26 Å². The van der Waals surface area contributed by atoms with Gasteiger partial charge in [-0.05, 0) is 19.1 Å². The Morgan fingerprint density at radius 2 is 2.24 bits per heavy atom. The van der Waals surface area contributed by atoms with Gasteiger partial charge in [-0.1, -0.05) is 0 Å². The molecule has 0 bridgehead atoms. The molecular formula is C11H8N4O2. The lowest BCUT2D eigenvalue weighted by molar-refractivity contribution is -0.384. The molecule has 0 saturated heterocycles. The van der Waals surface area contributed by atoms with E-state index < -0.39 is 4.92 Å². The van der Waals surface area contributed by atoms with Gasteiger partial charge in [0.15, 0.2) is 0 Å². The van der Waals surface area contributed by atoms with E-state index in [0.717, 1.165) is 5.69 Å². The number of nitro benzene ring substituents is 1. The van der Waals surface area contributed by atoms with Gasteiger partial charge in [-0.3, -0.25) is 10.1 Å². The zero-order valence-corrected chi connectivity index (χ0v) is 8.99. The minimum atomic E-state index is -0.529. The average Bonchev–Trinajstić information content (AvgIpc) is 2.74. The van der Waals surface area contributed by atoms with Gasteiger partial charge in [0.1, 0.15) is 6.07 Å². The summed E-state index contributed by atoms with van der Waals surface area (Å²) < 4.78 is 1.53. The molecule has 17 heavy (non-hydrogen) atoms. The molecule has 0 aliphatic heterocycles. The summed E-state index contributed by atoms with van der Waals surface area (Å²) in [5.41, 5.74) is 1.47. The van der Waals surface area contributed by atoms with Crippen LogP contribution >= 0.6 is 0 Å². The Kier molecular flexibility index (Phi) is 2.58. The van der Waals surface area contributed by atoms with Crippen molar-refractivity contribution < 1.29 is 4.92 Å². The van der Waals surface area contributed by atoms with Gasteiger partial charge < -0.3 is 0 Å². The normalized spacial score (nSPS) is 9.88. The molecule has 84 valence electrons. The summed E-state index contributed by atoms with van der Waals surface area (Å²) in [7, 11) is 0. The zero-order chi connectivity index (χ0) is 12.4. The lowest BCUT2D eigenvalue weighted by atomic mass is 10.2. The summed E-state index contributed by atoms with van der Waals surface area (Å²) >= 11 is 0. The van der Waals surface area contributed by atoms with Gasteiger partial charge >= 0.3 is 0 Å². The van der Waals surface area contributed by atoms with E-state index in [2.05, 4.69) is 5.10 Å². The van der Waals surface area contributed by atoms with E-state index in [0.29, 0.717) is 5.69 Å². The largest absolute Gasteiger partial charge is 0.270 e. The second-order valence-electron chi connectivity index (χ2n) is 3.47. The number of nitro groups is 1. The quantitative estimate of drug-likeness (QED) is 0.580. The van der Waals surface area contributed by atoms with E-state index in [1.807, 2.05) is 13.0 Å². The fourth-order valence-corrected chi connectivity index (χ4v) is 1.48. The van der Waals surface area contributed by atoms with Gasteiger partial charge in [-0.15, -0.1) is 0 Å². The highest BCUT2D eigenvalue weighted by atomic mass is 16.6. The van der Waals surface area contributed by atoms with Crippen molar-refractivity contribution in [2.24, 2.45) is 0 Å². The molecule has 1 heterocycles. The van der Waals surface area contributed by atoms with Crippen LogP contribution in [-0.4, -0.2) is 14.7 Å². The fraction of sp³-hybridized carbons (Fsp3) is 0.0909. The summed E-state index contributed by atoms with van der Waals surface area (Å²) in [6.07, 6.45) is 1.71. The molecule has 0 unspecified atom stereocenters. The highest BCUT2D eigenvalue weighted by Crippen LogP contribution is 2.20. The summed E-state index contributed by atoms with van der Waals surface area (Å²) in [5, 5.41) is 23.7. The average molecular weight is 228 g/mol. The number of nitriles is 1. The van der Waals surface area contributed by atoms with Crippen LogP contribution in [0.25, 0.3) is 5.69 Å². The molecule has 0 radical (unpaired) electrons. The van der Waals surface area contributed by atoms with Crippen molar-refractivity contribution in [3.05, 3.63) is 51.8 Å². The molecule has 6 heteroatoms. The molecule has 0 spiro atoms. The van der Waals surface area contributed by atoms with Crippen molar-refractivity contribution in [2.75, 3.05) is 0 Å². The highest BCUT2D eigenvalue weighted by Gasteiger charge is 2.12. The van der Waals surface area contributed by atoms with Crippen LogP contribution in [0, 0.1) is 28.4 Å². The number of benzene rings is 1. The Morgan fingerprint density at radius 3 is 2.76 bits per heavy atom. The molecule has 1 aromatic carbocycles. The van der Waals surface area contributed by atoms with Gasteiger partial charge in [0.25, 0.3) is 5.69 Å². The lowest BCUT2D eigenvalue weighted by Gasteiger charge is -2.03. The second-order valence-corrected chi connectivity index (χ2v) is 3.47. The molecule has 2 rings (SSSR count). The van der Waals surface area contributed by atoms with Crippen molar-refractivity contribution in [3.8, 4) is 11.8 Å². The Balaban J connectivity index is 2.56. The summed E-state index contributed by atoms with van der Waals surface area (Å²) in [4.78, 5) is 10.1. The number of non-ortho nitro benzene ring substituents is 1. The molecule has 6 nitrogen and oxygen atoms in total. The van der Waals surface area contributed by atoms with Gasteiger partial charge in [0.2, 0.25) is 0 Å². The minimum absolute atomic E-state index is 0.103. The molecule has 1 aromatic heterocycles. The highest BCUT2D eigenvalue weighted by molar-refractivity contribution is 5.54. The molecule has 0 aliphatic rings. The maximum absolute atomic E-state index is 10.6. The van der Waals surface area contributed by atoms with Gasteiger partial charge in [-0.25, -0.2) is 4.68 Å². The minimum Gasteiger partial charge on any atom is -0.258 e. The Hall–Kier alpha value is -2.68.